The summed E-state index contributed by atoms with van der Waals surface area (Å²) in [7, 11) is 0. The van der Waals surface area contributed by atoms with E-state index in [2.05, 4.69) is 36.5 Å². The number of amides is 2. The third-order valence-electron chi connectivity index (χ3n) is 5.83. The first kappa shape index (κ1) is 21.1. The maximum Gasteiger partial charge on any atom is 0.223 e. The minimum Gasteiger partial charge on any atom is -0.356 e. The summed E-state index contributed by atoms with van der Waals surface area (Å²) in [4.78, 5) is 27.3. The Morgan fingerprint density at radius 2 is 1.52 bits per heavy atom. The predicted octanol–water partition coefficient (Wildman–Crippen LogP) is 4.36. The van der Waals surface area contributed by atoms with Gasteiger partial charge in [-0.2, -0.15) is 0 Å². The highest BCUT2D eigenvalue weighted by molar-refractivity contribution is 5.80. The van der Waals surface area contributed by atoms with E-state index in [1.165, 1.54) is 0 Å². The molecule has 1 aliphatic rings. The second-order valence-corrected chi connectivity index (χ2v) is 7.88. The van der Waals surface area contributed by atoms with Crippen molar-refractivity contribution in [1.82, 2.24) is 10.2 Å². The van der Waals surface area contributed by atoms with Crippen molar-refractivity contribution in [3.05, 3.63) is 71.8 Å². The van der Waals surface area contributed by atoms with Gasteiger partial charge in [0.05, 0.1) is 0 Å². The van der Waals surface area contributed by atoms with Crippen molar-refractivity contribution in [2.45, 2.75) is 44.9 Å². The summed E-state index contributed by atoms with van der Waals surface area (Å²) < 4.78 is 0. The molecule has 154 valence electrons. The molecule has 1 saturated heterocycles. The summed E-state index contributed by atoms with van der Waals surface area (Å²) in [6, 6.07) is 20.5. The average molecular weight is 393 g/mol. The van der Waals surface area contributed by atoms with Crippen molar-refractivity contribution in [1.29, 1.82) is 0 Å². The lowest BCUT2D eigenvalue weighted by atomic mass is 9.87. The molecular weight excluding hydrogens is 360 g/mol. The Hall–Kier alpha value is -2.62. The molecule has 1 fully saturated rings. The number of rotatable bonds is 8. The van der Waals surface area contributed by atoms with Gasteiger partial charge in [0.15, 0.2) is 0 Å². The third-order valence-corrected chi connectivity index (χ3v) is 5.83. The molecule has 0 radical (unpaired) electrons. The average Bonchev–Trinajstić information content (AvgIpc) is 2.78. The third kappa shape index (κ3) is 5.93. The smallest absolute Gasteiger partial charge is 0.223 e. The van der Waals surface area contributed by atoms with Crippen LogP contribution in [0.5, 0.6) is 0 Å². The fourth-order valence-electron chi connectivity index (χ4n) is 4.03. The number of likely N-dealkylation sites (tertiary alicyclic amines) is 1. The van der Waals surface area contributed by atoms with Gasteiger partial charge in [-0.25, -0.2) is 0 Å². The Morgan fingerprint density at radius 1 is 0.966 bits per heavy atom. The molecule has 1 aliphatic heterocycles. The van der Waals surface area contributed by atoms with E-state index in [0.29, 0.717) is 19.5 Å². The standard InChI is InChI=1S/C25H32N2O2/c1-2-3-16-26-25(29)22-14-17-27(18-15-22)24(28)19-23(20-10-6-4-7-11-20)21-12-8-5-9-13-21/h4-13,22-23H,2-3,14-19H2,1H3,(H,26,29). The lowest BCUT2D eigenvalue weighted by molar-refractivity contribution is -0.135. The number of benzene rings is 2. The van der Waals surface area contributed by atoms with Gasteiger partial charge in [-0.3, -0.25) is 9.59 Å². The Morgan fingerprint density at radius 3 is 2.03 bits per heavy atom. The summed E-state index contributed by atoms with van der Waals surface area (Å²) in [6.07, 6.45) is 4.07. The quantitative estimate of drug-likeness (QED) is 0.679. The van der Waals surface area contributed by atoms with Gasteiger partial charge in [-0.05, 0) is 30.4 Å². The molecule has 0 saturated carbocycles. The van der Waals surface area contributed by atoms with Gasteiger partial charge in [0.25, 0.3) is 0 Å². The highest BCUT2D eigenvalue weighted by Gasteiger charge is 2.28. The fraction of sp³-hybridized carbons (Fsp3) is 0.440. The molecule has 1 N–H and O–H groups in total. The summed E-state index contributed by atoms with van der Waals surface area (Å²) in [5.41, 5.74) is 2.33. The number of nitrogens with zero attached hydrogens (tertiary/aromatic N) is 1. The fourth-order valence-corrected chi connectivity index (χ4v) is 4.03. The molecule has 4 heteroatoms. The second-order valence-electron chi connectivity index (χ2n) is 7.88. The van der Waals surface area contributed by atoms with Gasteiger partial charge >= 0.3 is 0 Å². The van der Waals surface area contributed by atoms with Crippen molar-refractivity contribution in [3.8, 4) is 0 Å². The zero-order chi connectivity index (χ0) is 20.5. The van der Waals surface area contributed by atoms with Crippen LogP contribution in [0.1, 0.15) is 56.1 Å². The topological polar surface area (TPSA) is 49.4 Å². The largest absolute Gasteiger partial charge is 0.356 e. The highest BCUT2D eigenvalue weighted by Crippen LogP contribution is 2.29. The Kier molecular flexibility index (Phi) is 7.85. The Balaban J connectivity index is 1.59. The molecule has 0 bridgehead atoms. The normalized spacial score (nSPS) is 14.8. The number of piperidine rings is 1. The molecule has 0 atom stereocenters. The molecule has 2 aromatic rings. The van der Waals surface area contributed by atoms with Crippen molar-refractivity contribution < 1.29 is 9.59 Å². The molecule has 2 amide bonds. The van der Waals surface area contributed by atoms with Crippen molar-refractivity contribution in [3.63, 3.8) is 0 Å². The molecule has 4 nitrogen and oxygen atoms in total. The number of hydrogen-bond donors (Lipinski definition) is 1. The zero-order valence-corrected chi connectivity index (χ0v) is 17.3. The first-order valence-electron chi connectivity index (χ1n) is 10.8. The molecule has 3 rings (SSSR count). The van der Waals surface area contributed by atoms with Crippen LogP contribution < -0.4 is 5.32 Å². The van der Waals surface area contributed by atoms with E-state index in [0.717, 1.165) is 43.4 Å². The maximum absolute atomic E-state index is 13.1. The monoisotopic (exact) mass is 392 g/mol. The predicted molar refractivity (Wildman–Crippen MR) is 117 cm³/mol. The van der Waals surface area contributed by atoms with Gasteiger partial charge in [0.1, 0.15) is 0 Å². The van der Waals surface area contributed by atoms with Crippen LogP contribution in [0, 0.1) is 5.92 Å². The summed E-state index contributed by atoms with van der Waals surface area (Å²) in [6.45, 7) is 4.21. The Bertz CT molecular complexity index is 728. The lowest BCUT2D eigenvalue weighted by Crippen LogP contribution is -2.43. The SMILES string of the molecule is CCCCNC(=O)C1CCN(C(=O)CC(c2ccccc2)c2ccccc2)CC1. The number of carbonyl (C=O) groups is 2. The van der Waals surface area contributed by atoms with Crippen LogP contribution in [0.25, 0.3) is 0 Å². The van der Waals surface area contributed by atoms with Crippen LogP contribution >= 0.6 is 0 Å². The molecule has 2 aromatic carbocycles. The number of nitrogens with one attached hydrogen (secondary N) is 1. The lowest BCUT2D eigenvalue weighted by Gasteiger charge is -2.32. The van der Waals surface area contributed by atoms with Crippen LogP contribution in [0.4, 0.5) is 0 Å². The van der Waals surface area contributed by atoms with E-state index in [1.807, 2.05) is 41.3 Å². The van der Waals surface area contributed by atoms with Crippen LogP contribution in [0.2, 0.25) is 0 Å². The Labute approximate surface area is 174 Å². The van der Waals surface area contributed by atoms with Gasteiger partial charge in [0, 0.05) is 37.9 Å². The summed E-state index contributed by atoms with van der Waals surface area (Å²) in [5.74, 6) is 0.416. The van der Waals surface area contributed by atoms with Gasteiger partial charge in [-0.1, -0.05) is 74.0 Å². The van der Waals surface area contributed by atoms with E-state index in [4.69, 9.17) is 0 Å². The van der Waals surface area contributed by atoms with Gasteiger partial charge in [-0.15, -0.1) is 0 Å². The van der Waals surface area contributed by atoms with Crippen molar-refractivity contribution in [2.75, 3.05) is 19.6 Å². The molecule has 0 aliphatic carbocycles. The van der Waals surface area contributed by atoms with E-state index in [1.54, 1.807) is 0 Å². The number of unbranched alkanes of at least 4 members (excludes halogenated alkanes) is 1. The molecule has 1 heterocycles. The van der Waals surface area contributed by atoms with Crippen molar-refractivity contribution in [2.24, 2.45) is 5.92 Å². The molecule has 0 aromatic heterocycles. The minimum atomic E-state index is 0.0370. The van der Waals surface area contributed by atoms with E-state index in [-0.39, 0.29) is 23.7 Å². The molecular formula is C25H32N2O2. The molecule has 29 heavy (non-hydrogen) atoms. The van der Waals surface area contributed by atoms with E-state index < -0.39 is 0 Å². The summed E-state index contributed by atoms with van der Waals surface area (Å²) >= 11 is 0. The number of carbonyl (C=O) groups excluding carboxylic acids is 2. The minimum absolute atomic E-state index is 0.0370. The van der Waals surface area contributed by atoms with E-state index >= 15 is 0 Å². The van der Waals surface area contributed by atoms with Crippen molar-refractivity contribution >= 4 is 11.8 Å². The summed E-state index contributed by atoms with van der Waals surface area (Å²) in [5, 5.41) is 3.03. The number of hydrogen-bond acceptors (Lipinski definition) is 2. The highest BCUT2D eigenvalue weighted by atomic mass is 16.2. The van der Waals surface area contributed by atoms with Crippen LogP contribution in [0.15, 0.2) is 60.7 Å². The molecule has 0 spiro atoms. The van der Waals surface area contributed by atoms with Gasteiger partial charge in [0.2, 0.25) is 11.8 Å². The second kappa shape index (κ2) is 10.8. The van der Waals surface area contributed by atoms with Crippen LogP contribution in [0.3, 0.4) is 0 Å². The zero-order valence-electron chi connectivity index (χ0n) is 17.3. The van der Waals surface area contributed by atoms with Gasteiger partial charge < -0.3 is 10.2 Å². The first-order chi connectivity index (χ1) is 14.2. The van der Waals surface area contributed by atoms with E-state index in [9.17, 15) is 9.59 Å². The first-order valence-corrected chi connectivity index (χ1v) is 10.8. The van der Waals surface area contributed by atoms with Crippen LogP contribution in [-0.4, -0.2) is 36.3 Å². The molecule has 0 unspecified atom stereocenters. The van der Waals surface area contributed by atoms with Crippen LogP contribution in [-0.2, 0) is 9.59 Å². The maximum atomic E-state index is 13.1.